The molecular formula is C38H27N8O3Zn+. The van der Waals surface area contributed by atoms with Gasteiger partial charge >= 0.3 is 25.4 Å². The van der Waals surface area contributed by atoms with Crippen molar-refractivity contribution in [1.82, 2.24) is 34.9 Å². The molecule has 0 aliphatic carbocycles. The maximum absolute atomic E-state index is 11.8. The molecule has 0 saturated carbocycles. The number of fused-ring (bicyclic) bond motifs is 20. The van der Waals surface area contributed by atoms with Crippen molar-refractivity contribution in [3.8, 4) is 51.3 Å². The summed E-state index contributed by atoms with van der Waals surface area (Å²) in [6.45, 7) is 3.24. The van der Waals surface area contributed by atoms with E-state index in [0.717, 1.165) is 38.4 Å². The fourth-order valence-electron chi connectivity index (χ4n) is 6.24. The number of hydrogen-bond acceptors (Lipinski definition) is 7. The van der Waals surface area contributed by atoms with Gasteiger partial charge in [-0.1, -0.05) is 72.8 Å². The van der Waals surface area contributed by atoms with Crippen molar-refractivity contribution in [1.29, 1.82) is 0 Å². The molecule has 2 aliphatic rings. The zero-order valence-electron chi connectivity index (χ0n) is 27.4. The minimum absolute atomic E-state index is 0. The number of rotatable bonds is 4. The van der Waals surface area contributed by atoms with Crippen LogP contribution in [0.15, 0.2) is 91.0 Å². The molecule has 0 amide bonds. The van der Waals surface area contributed by atoms with Gasteiger partial charge in [0.1, 0.15) is 24.0 Å². The van der Waals surface area contributed by atoms with Crippen molar-refractivity contribution in [3.63, 3.8) is 0 Å². The summed E-state index contributed by atoms with van der Waals surface area (Å²) >= 11 is 0. The van der Waals surface area contributed by atoms with Crippen molar-refractivity contribution < 1.29 is 38.7 Å². The summed E-state index contributed by atoms with van der Waals surface area (Å²) in [6.07, 6.45) is 0. The number of carboxylic acid groups (broad SMARTS) is 1. The van der Waals surface area contributed by atoms with Gasteiger partial charge in [-0.3, -0.25) is 9.36 Å². The number of aliphatic carboxylic acids is 1. The first-order chi connectivity index (χ1) is 23.7. The van der Waals surface area contributed by atoms with Crippen molar-refractivity contribution in [3.05, 3.63) is 91.0 Å². The van der Waals surface area contributed by atoms with Crippen LogP contribution in [-0.4, -0.2) is 42.6 Å². The van der Waals surface area contributed by atoms with E-state index in [9.17, 15) is 9.90 Å². The third-order valence-electron chi connectivity index (χ3n) is 9.00. The van der Waals surface area contributed by atoms with Gasteiger partial charge in [-0.15, -0.1) is 0 Å². The van der Waals surface area contributed by atoms with Crippen molar-refractivity contribution in [2.45, 2.75) is 13.8 Å². The van der Waals surface area contributed by atoms with Gasteiger partial charge in [0.25, 0.3) is 0 Å². The first-order valence-corrected chi connectivity index (χ1v) is 15.8. The molecule has 5 heterocycles. The molecule has 0 atom stereocenters. The Morgan fingerprint density at radius 2 is 1.12 bits per heavy atom. The zero-order chi connectivity index (χ0) is 33.4. The van der Waals surface area contributed by atoms with E-state index in [4.69, 9.17) is 39.6 Å². The van der Waals surface area contributed by atoms with Crippen LogP contribution in [0, 0.1) is 5.41 Å². The molecule has 238 valence electrons. The summed E-state index contributed by atoms with van der Waals surface area (Å²) in [7, 11) is 1.93. The van der Waals surface area contributed by atoms with E-state index in [1.54, 1.807) is 19.9 Å². The first-order valence-electron chi connectivity index (χ1n) is 15.8. The monoisotopic (exact) mass is 707 g/mol. The summed E-state index contributed by atoms with van der Waals surface area (Å²) < 4.78 is 7.95. The predicted octanol–water partition coefficient (Wildman–Crippen LogP) is 6.04. The molecule has 4 aromatic carbocycles. The van der Waals surface area contributed by atoms with Crippen LogP contribution in [0.4, 0.5) is 0 Å². The molecule has 7 aromatic rings. The Kier molecular flexibility index (Phi) is 7.31. The van der Waals surface area contributed by atoms with Crippen LogP contribution < -0.4 is 19.3 Å². The normalized spacial score (nSPS) is 12.0. The van der Waals surface area contributed by atoms with Gasteiger partial charge in [0, 0.05) is 44.8 Å². The quantitative estimate of drug-likeness (QED) is 0.170. The summed E-state index contributed by atoms with van der Waals surface area (Å²) in [5.74, 6) is 1.88. The molecule has 0 radical (unpaired) electrons. The average Bonchev–Trinajstić information content (AvgIpc) is 3.82. The molecule has 8 bridgehead atoms. The van der Waals surface area contributed by atoms with Crippen molar-refractivity contribution in [2.24, 2.45) is 12.5 Å². The molecule has 2 aliphatic heterocycles. The second-order valence-electron chi connectivity index (χ2n) is 12.8. The van der Waals surface area contributed by atoms with E-state index in [1.165, 1.54) is 0 Å². The minimum atomic E-state index is -1.08. The van der Waals surface area contributed by atoms with Crippen LogP contribution in [0.2, 0.25) is 0 Å². The second-order valence-corrected chi connectivity index (χ2v) is 12.8. The Morgan fingerprint density at radius 1 is 0.660 bits per heavy atom. The number of carboxylic acids is 1. The molecule has 50 heavy (non-hydrogen) atoms. The summed E-state index contributed by atoms with van der Waals surface area (Å²) in [4.78, 5) is 46.8. The van der Waals surface area contributed by atoms with Crippen LogP contribution >= 0.6 is 0 Å². The van der Waals surface area contributed by atoms with E-state index in [1.807, 2.05) is 96.5 Å². The molecular weight excluding hydrogens is 682 g/mol. The van der Waals surface area contributed by atoms with E-state index < -0.39 is 11.4 Å². The molecule has 3 aromatic heterocycles. The van der Waals surface area contributed by atoms with Crippen LogP contribution in [0.1, 0.15) is 13.8 Å². The average molecular weight is 709 g/mol. The molecule has 9 rings (SSSR count). The van der Waals surface area contributed by atoms with E-state index >= 15 is 0 Å². The first kappa shape index (κ1) is 31.4. The van der Waals surface area contributed by atoms with Crippen LogP contribution in [-0.2, 0) is 31.3 Å². The summed E-state index contributed by atoms with van der Waals surface area (Å²) in [5.41, 5.74) is 4.34. The SMILES string of the molecule is C[n+]1c2nc3[n-]c(nc4nc(nc5[n-]c(nc1-c1ccccc1-2)c1cc(OCC(C)(C)C(=O)O)ccc51)-c1ccccc1-4)c1ccccc31.[Zn+2]. The van der Waals surface area contributed by atoms with Gasteiger partial charge in [0.2, 0.25) is 0 Å². The molecule has 11 nitrogen and oxygen atoms in total. The number of benzene rings is 4. The number of ether oxygens (including phenoxy) is 1. The van der Waals surface area contributed by atoms with Gasteiger partial charge in [-0.05, 0) is 53.6 Å². The molecule has 1 N–H and O–H groups in total. The maximum Gasteiger partial charge on any atom is 2.00 e. The van der Waals surface area contributed by atoms with E-state index in [-0.39, 0.29) is 26.1 Å². The molecule has 0 spiro atoms. The Balaban J connectivity index is 0.00000361. The molecule has 0 unspecified atom stereocenters. The van der Waals surface area contributed by atoms with Crippen LogP contribution in [0.25, 0.3) is 89.7 Å². The summed E-state index contributed by atoms with van der Waals surface area (Å²) in [6, 6.07) is 29.3. The fourth-order valence-corrected chi connectivity index (χ4v) is 6.24. The van der Waals surface area contributed by atoms with E-state index in [2.05, 4.69) is 0 Å². The third-order valence-corrected chi connectivity index (χ3v) is 9.00. The van der Waals surface area contributed by atoms with Gasteiger partial charge in [0.15, 0.2) is 0 Å². The number of aromatic nitrogens is 8. The second kappa shape index (κ2) is 11.6. The Morgan fingerprint density at radius 3 is 1.66 bits per heavy atom. The zero-order valence-corrected chi connectivity index (χ0v) is 30.4. The number of carbonyl (C=O) groups is 1. The fraction of sp³-hybridized carbons (Fsp3) is 0.132. The van der Waals surface area contributed by atoms with Crippen LogP contribution in [0.3, 0.4) is 0 Å². The largest absolute Gasteiger partial charge is 2.00 e. The molecule has 0 fully saturated rings. The smallest absolute Gasteiger partial charge is 0.492 e. The van der Waals surface area contributed by atoms with Crippen molar-refractivity contribution in [2.75, 3.05) is 6.61 Å². The standard InChI is InChI=1S/C38H28N8O3.Zn/c1-38(2,37(47)48)19-49-20-16-17-25-28(18-20)34-43-32(25)41-30-22-11-5-4-10-21(22)29(39-30)40-31-23-12-6-7-13-24(23)33(42-31)44-35-26-14-8-9-15-27(26)36(45-34)46(35)3;/h4-18H,19H2,1-3H3,(H2,39,40,41,42,43,44,45,47,48);/q;+2/p-1. The number of hydrogen-bond donors (Lipinski definition) is 1. The van der Waals surface area contributed by atoms with Crippen LogP contribution in [0.5, 0.6) is 5.75 Å². The predicted molar refractivity (Wildman–Crippen MR) is 184 cm³/mol. The number of nitrogens with zero attached hydrogens (tertiary/aromatic N) is 8. The topological polar surface area (TPSA) is 143 Å². The van der Waals surface area contributed by atoms with Gasteiger partial charge in [0.05, 0.1) is 24.1 Å². The van der Waals surface area contributed by atoms with Gasteiger partial charge < -0.3 is 39.7 Å². The Labute approximate surface area is 297 Å². The molecule has 12 heteroatoms. The third kappa shape index (κ3) is 4.94. The Hall–Kier alpha value is -5.87. The van der Waals surface area contributed by atoms with Gasteiger partial charge in [-0.25, -0.2) is 4.98 Å². The molecule has 0 saturated heterocycles. The van der Waals surface area contributed by atoms with Gasteiger partial charge in [-0.2, -0.15) is 0 Å². The Bertz CT molecular complexity index is 2720. The maximum atomic E-state index is 11.8. The minimum Gasteiger partial charge on any atom is -0.492 e. The summed E-state index contributed by atoms with van der Waals surface area (Å²) in [5, 5.41) is 12.8. The van der Waals surface area contributed by atoms with E-state index in [0.29, 0.717) is 57.0 Å². The van der Waals surface area contributed by atoms with Crippen molar-refractivity contribution >= 4 is 50.1 Å².